The molecule has 0 N–H and O–H groups in total. The van der Waals surface area contributed by atoms with Crippen LogP contribution >= 0.6 is 0 Å². The molecule has 0 radical (unpaired) electrons. The van der Waals surface area contributed by atoms with Gasteiger partial charge in [-0.05, 0) is 122 Å². The molecule has 0 aliphatic heterocycles. The minimum atomic E-state index is 0.513. The number of hydrogen-bond acceptors (Lipinski definition) is 5. The second-order valence-electron chi connectivity index (χ2n) is 17.3. The van der Waals surface area contributed by atoms with Gasteiger partial charge >= 0.3 is 0 Å². The summed E-state index contributed by atoms with van der Waals surface area (Å²) in [5.74, 6) is 1.69. The number of benzene rings is 9. The largest absolute Gasteiger partial charge is 0.309 e. The van der Waals surface area contributed by atoms with Crippen LogP contribution in [0.25, 0.3) is 55.8 Å². The van der Waals surface area contributed by atoms with Crippen molar-refractivity contribution in [3.8, 4) is 45.0 Å². The topological polar surface area (TPSA) is 45.2 Å². The molecule has 10 aromatic rings. The van der Waals surface area contributed by atoms with Gasteiger partial charge in [0.05, 0.1) is 17.1 Å². The summed E-state index contributed by atoms with van der Waals surface area (Å²) < 4.78 is 0. The van der Waals surface area contributed by atoms with Crippen LogP contribution < -0.4 is 9.80 Å². The van der Waals surface area contributed by atoms with Crippen LogP contribution in [0.15, 0.2) is 200 Å². The third-order valence-electron chi connectivity index (χ3n) is 12.4. The molecule has 0 aliphatic rings. The number of nitrogens with zero attached hydrogens (tertiary/aromatic N) is 5. The van der Waals surface area contributed by atoms with E-state index in [4.69, 9.17) is 15.0 Å². The first-order valence-corrected chi connectivity index (χ1v) is 22.6. The predicted octanol–water partition coefficient (Wildman–Crippen LogP) is 16.5. The molecule has 320 valence electrons. The predicted molar refractivity (Wildman–Crippen MR) is 277 cm³/mol. The highest BCUT2D eigenvalue weighted by atomic mass is 15.3. The Balaban J connectivity index is 1.21. The summed E-state index contributed by atoms with van der Waals surface area (Å²) in [7, 11) is 0. The van der Waals surface area contributed by atoms with Crippen LogP contribution in [0.3, 0.4) is 0 Å². The average Bonchev–Trinajstić information content (AvgIpc) is 3.34. The molecule has 0 saturated carbocycles. The van der Waals surface area contributed by atoms with E-state index in [0.29, 0.717) is 17.6 Å². The summed E-state index contributed by atoms with van der Waals surface area (Å²) in [5, 5.41) is 2.29. The Kier molecular flexibility index (Phi) is 11.3. The molecule has 0 fully saturated rings. The monoisotopic (exact) mass is 853 g/mol. The van der Waals surface area contributed by atoms with Gasteiger partial charge in [-0.3, -0.25) is 4.90 Å². The molecule has 0 amide bonds. The second kappa shape index (κ2) is 17.8. The zero-order valence-corrected chi connectivity index (χ0v) is 38.3. The zero-order chi connectivity index (χ0) is 45.3. The van der Waals surface area contributed by atoms with Crippen molar-refractivity contribution < 1.29 is 0 Å². The smallest absolute Gasteiger partial charge is 0.238 e. The molecule has 0 aliphatic carbocycles. The summed E-state index contributed by atoms with van der Waals surface area (Å²) in [4.78, 5) is 20.6. The summed E-state index contributed by atoms with van der Waals surface area (Å²) in [5.41, 5.74) is 19.0. The van der Waals surface area contributed by atoms with Gasteiger partial charge in [0.15, 0.2) is 11.6 Å². The van der Waals surface area contributed by atoms with Crippen molar-refractivity contribution in [2.75, 3.05) is 9.80 Å². The Morgan fingerprint density at radius 2 is 0.742 bits per heavy atom. The Morgan fingerprint density at radius 1 is 0.333 bits per heavy atom. The molecule has 5 heteroatoms. The fourth-order valence-corrected chi connectivity index (χ4v) is 9.64. The first-order chi connectivity index (χ1) is 32.2. The first kappa shape index (κ1) is 41.8. The van der Waals surface area contributed by atoms with Gasteiger partial charge in [-0.2, -0.15) is 9.97 Å². The van der Waals surface area contributed by atoms with Crippen LogP contribution in [0.4, 0.5) is 34.4 Å². The lowest BCUT2D eigenvalue weighted by atomic mass is 9.95. The van der Waals surface area contributed by atoms with E-state index in [0.717, 1.165) is 61.2 Å². The quantitative estimate of drug-likeness (QED) is 0.137. The summed E-state index contributed by atoms with van der Waals surface area (Å²) >= 11 is 0. The highest BCUT2D eigenvalue weighted by molar-refractivity contribution is 6.05. The lowest BCUT2D eigenvalue weighted by Gasteiger charge is -2.32. The van der Waals surface area contributed by atoms with Gasteiger partial charge in [-0.1, -0.05) is 181 Å². The molecule has 0 unspecified atom stereocenters. The van der Waals surface area contributed by atoms with Crippen LogP contribution in [-0.2, 0) is 0 Å². The van der Waals surface area contributed by atoms with Crippen molar-refractivity contribution in [1.29, 1.82) is 0 Å². The van der Waals surface area contributed by atoms with E-state index in [1.807, 2.05) is 24.3 Å². The van der Waals surface area contributed by atoms with E-state index in [2.05, 4.69) is 227 Å². The summed E-state index contributed by atoms with van der Waals surface area (Å²) in [6.07, 6.45) is 0. The van der Waals surface area contributed by atoms with Crippen molar-refractivity contribution in [3.63, 3.8) is 0 Å². The Bertz CT molecular complexity index is 3240. The third kappa shape index (κ3) is 8.12. The van der Waals surface area contributed by atoms with E-state index in [-0.39, 0.29) is 0 Å². The Morgan fingerprint density at radius 3 is 1.27 bits per heavy atom. The lowest BCUT2D eigenvalue weighted by Crippen LogP contribution is -2.18. The molecule has 1 heterocycles. The number of aromatic nitrogens is 3. The van der Waals surface area contributed by atoms with Gasteiger partial charge in [0.2, 0.25) is 5.95 Å². The number of hydrogen-bond donors (Lipinski definition) is 0. The van der Waals surface area contributed by atoms with Crippen LogP contribution in [0.2, 0.25) is 0 Å². The number of anilines is 6. The van der Waals surface area contributed by atoms with Crippen LogP contribution in [0.1, 0.15) is 33.4 Å². The van der Waals surface area contributed by atoms with E-state index < -0.39 is 0 Å². The Hall–Kier alpha value is -8.15. The highest BCUT2D eigenvalue weighted by Crippen LogP contribution is 2.47. The van der Waals surface area contributed by atoms with Crippen molar-refractivity contribution in [2.45, 2.75) is 41.5 Å². The number of fused-ring (bicyclic) bond motifs is 1. The SMILES string of the molecule is Cc1cc(C)c(N(c2ccc(N(c3nc(-c4ccccc4)nc(-c4ccc(-c5ccccc5)cc4)n3)c3ccc4ccccc4c3-c3ccccc3)cc2)c2c(C)cc(C)cc2C)c(C)c1. The van der Waals surface area contributed by atoms with Gasteiger partial charge < -0.3 is 4.90 Å². The molecule has 0 atom stereocenters. The third-order valence-corrected chi connectivity index (χ3v) is 12.4. The number of rotatable bonds is 10. The standard InChI is InChI=1S/C61H51N5/c1-40-36-42(3)57(43(4)37-40)66(58-44(5)38-41(2)39-45(58)6)53-33-31-52(32-34-53)65(55-35-30-48-20-16-17-25-54(48)56(55)49-21-12-8-13-22-49)61-63-59(50-23-14-9-15-24-50)62-60(64-61)51-28-26-47(27-29-51)46-18-10-7-11-19-46/h7-39H,1-6H3. The van der Waals surface area contributed by atoms with E-state index in [9.17, 15) is 0 Å². The number of aryl methyl sites for hydroxylation is 6. The van der Waals surface area contributed by atoms with Gasteiger partial charge in [0.1, 0.15) is 0 Å². The zero-order valence-electron chi connectivity index (χ0n) is 38.3. The normalized spacial score (nSPS) is 11.2. The molecule has 5 nitrogen and oxygen atoms in total. The molecule has 0 bridgehead atoms. The average molecular weight is 854 g/mol. The maximum Gasteiger partial charge on any atom is 0.238 e. The molecule has 66 heavy (non-hydrogen) atoms. The molecule has 10 rings (SSSR count). The van der Waals surface area contributed by atoms with Gasteiger partial charge in [-0.25, -0.2) is 4.98 Å². The highest BCUT2D eigenvalue weighted by Gasteiger charge is 2.26. The first-order valence-electron chi connectivity index (χ1n) is 22.6. The maximum absolute atomic E-state index is 5.41. The van der Waals surface area contributed by atoms with Crippen LogP contribution in [0.5, 0.6) is 0 Å². The van der Waals surface area contributed by atoms with Crippen molar-refractivity contribution in [1.82, 2.24) is 15.0 Å². The molecular formula is C61H51N5. The fourth-order valence-electron chi connectivity index (χ4n) is 9.64. The summed E-state index contributed by atoms with van der Waals surface area (Å²) in [6.45, 7) is 13.2. The molecular weight excluding hydrogens is 803 g/mol. The summed E-state index contributed by atoms with van der Waals surface area (Å²) in [6, 6.07) is 70.9. The lowest BCUT2D eigenvalue weighted by molar-refractivity contribution is 1.02. The van der Waals surface area contributed by atoms with Crippen molar-refractivity contribution in [2.24, 2.45) is 0 Å². The second-order valence-corrected chi connectivity index (χ2v) is 17.3. The van der Waals surface area contributed by atoms with Gasteiger partial charge in [0.25, 0.3) is 0 Å². The maximum atomic E-state index is 5.41. The fraction of sp³-hybridized carbons (Fsp3) is 0.0984. The molecule has 1 aromatic heterocycles. The van der Waals surface area contributed by atoms with Crippen molar-refractivity contribution >= 4 is 45.2 Å². The van der Waals surface area contributed by atoms with E-state index >= 15 is 0 Å². The van der Waals surface area contributed by atoms with Gasteiger partial charge in [0, 0.05) is 28.1 Å². The molecule has 0 saturated heterocycles. The van der Waals surface area contributed by atoms with Crippen LogP contribution in [0, 0.1) is 41.5 Å². The minimum absolute atomic E-state index is 0.513. The Labute approximate surface area is 388 Å². The van der Waals surface area contributed by atoms with E-state index in [1.165, 1.54) is 44.8 Å². The van der Waals surface area contributed by atoms with Crippen LogP contribution in [-0.4, -0.2) is 15.0 Å². The molecule has 0 spiro atoms. The molecule has 9 aromatic carbocycles. The van der Waals surface area contributed by atoms with E-state index in [1.54, 1.807) is 0 Å². The van der Waals surface area contributed by atoms with Crippen molar-refractivity contribution in [3.05, 3.63) is 234 Å². The minimum Gasteiger partial charge on any atom is -0.309 e. The van der Waals surface area contributed by atoms with Gasteiger partial charge in [-0.15, -0.1) is 0 Å².